The lowest BCUT2D eigenvalue weighted by Crippen LogP contribution is -2.30. The minimum absolute atomic E-state index is 0.192. The Kier molecular flexibility index (Phi) is 5.12. The van der Waals surface area contributed by atoms with Gasteiger partial charge in [-0.3, -0.25) is 9.59 Å². The van der Waals surface area contributed by atoms with Crippen molar-refractivity contribution in [3.8, 4) is 11.5 Å². The number of carbonyl (C=O) groups is 1. The van der Waals surface area contributed by atoms with Crippen LogP contribution in [0.3, 0.4) is 0 Å². The molecular weight excluding hydrogens is 424 g/mol. The molecule has 1 N–H and O–H groups in total. The van der Waals surface area contributed by atoms with Gasteiger partial charge in [0.05, 0.1) is 21.3 Å². The number of ether oxygens (including phenoxy) is 1. The number of hydrogen-bond acceptors (Lipinski definition) is 6. The van der Waals surface area contributed by atoms with E-state index < -0.39 is 0 Å². The Morgan fingerprint density at radius 2 is 1.75 bits per heavy atom. The molecule has 0 spiro atoms. The molecule has 0 saturated heterocycles. The van der Waals surface area contributed by atoms with Gasteiger partial charge in [0.1, 0.15) is 18.0 Å². The second kappa shape index (κ2) is 8.24. The molecule has 8 heteroatoms. The van der Waals surface area contributed by atoms with Crippen molar-refractivity contribution in [2.45, 2.75) is 13.5 Å². The van der Waals surface area contributed by atoms with Crippen molar-refractivity contribution in [1.29, 1.82) is 0 Å². The molecule has 5 rings (SSSR count). The minimum Gasteiger partial charge on any atom is -0.457 e. The van der Waals surface area contributed by atoms with E-state index in [1.807, 2.05) is 67.6 Å². The van der Waals surface area contributed by atoms with Crippen molar-refractivity contribution in [3.63, 3.8) is 0 Å². The molecule has 0 aliphatic rings. The third kappa shape index (κ3) is 3.95. The summed E-state index contributed by atoms with van der Waals surface area (Å²) in [6.07, 6.45) is 0. The fraction of sp³-hybridized carbons (Fsp3) is 0.0833. The van der Waals surface area contributed by atoms with E-state index in [-0.39, 0.29) is 18.0 Å². The van der Waals surface area contributed by atoms with Crippen LogP contribution in [0.2, 0.25) is 0 Å². The summed E-state index contributed by atoms with van der Waals surface area (Å²) < 4.78 is 7.93. The molecule has 3 aromatic carbocycles. The Hall–Kier alpha value is -4.04. The molecule has 2 aromatic heterocycles. The van der Waals surface area contributed by atoms with Crippen molar-refractivity contribution < 1.29 is 9.53 Å². The van der Waals surface area contributed by atoms with E-state index in [0.29, 0.717) is 22.0 Å². The highest BCUT2D eigenvalue weighted by molar-refractivity contribution is 7.22. The highest BCUT2D eigenvalue weighted by atomic mass is 32.1. The number of benzene rings is 3. The summed E-state index contributed by atoms with van der Waals surface area (Å²) in [5.74, 6) is 1.07. The molecule has 0 fully saturated rings. The number of para-hydroxylation sites is 1. The Balaban J connectivity index is 1.34. The summed E-state index contributed by atoms with van der Waals surface area (Å²) >= 11 is 1.34. The molecule has 2 heterocycles. The SMILES string of the molecule is Cc1nn(CC(=O)Nc2nc3ccc(Oc4ccccc4)cc3s2)c(=O)c2ccccc12. The van der Waals surface area contributed by atoms with Crippen LogP contribution in [0, 0.1) is 6.92 Å². The molecule has 1 amide bonds. The minimum atomic E-state index is -0.367. The zero-order valence-electron chi connectivity index (χ0n) is 17.1. The van der Waals surface area contributed by atoms with Gasteiger partial charge in [-0.25, -0.2) is 9.67 Å². The largest absolute Gasteiger partial charge is 0.457 e. The number of anilines is 1. The molecule has 5 aromatic rings. The maximum Gasteiger partial charge on any atom is 0.275 e. The summed E-state index contributed by atoms with van der Waals surface area (Å²) in [6.45, 7) is 1.63. The first-order valence-electron chi connectivity index (χ1n) is 9.97. The van der Waals surface area contributed by atoms with E-state index in [1.165, 1.54) is 16.0 Å². The quantitative estimate of drug-likeness (QED) is 0.425. The Bertz CT molecular complexity index is 1510. The molecule has 7 nitrogen and oxygen atoms in total. The number of nitrogens with one attached hydrogen (secondary N) is 1. The molecule has 0 unspecified atom stereocenters. The molecule has 0 aliphatic carbocycles. The average molecular weight is 443 g/mol. The number of hydrogen-bond donors (Lipinski definition) is 1. The van der Waals surface area contributed by atoms with Crippen molar-refractivity contribution in [3.05, 3.63) is 88.8 Å². The first kappa shape index (κ1) is 19.9. The lowest BCUT2D eigenvalue weighted by atomic mass is 10.1. The first-order chi connectivity index (χ1) is 15.6. The number of fused-ring (bicyclic) bond motifs is 2. The molecule has 0 radical (unpaired) electrons. The van der Waals surface area contributed by atoms with Crippen LogP contribution < -0.4 is 15.6 Å². The van der Waals surface area contributed by atoms with E-state index in [1.54, 1.807) is 12.1 Å². The highest BCUT2D eigenvalue weighted by Crippen LogP contribution is 2.31. The molecule has 0 saturated carbocycles. The van der Waals surface area contributed by atoms with Crippen LogP contribution in [0.15, 0.2) is 77.6 Å². The number of carbonyl (C=O) groups excluding carboxylic acids is 1. The number of thiazole rings is 1. The number of rotatable bonds is 5. The highest BCUT2D eigenvalue weighted by Gasteiger charge is 2.13. The van der Waals surface area contributed by atoms with Gasteiger partial charge in [-0.15, -0.1) is 0 Å². The van der Waals surface area contributed by atoms with Gasteiger partial charge in [0, 0.05) is 11.5 Å². The van der Waals surface area contributed by atoms with Gasteiger partial charge in [-0.05, 0) is 37.3 Å². The fourth-order valence-electron chi connectivity index (χ4n) is 3.45. The van der Waals surface area contributed by atoms with Gasteiger partial charge in [0.15, 0.2) is 5.13 Å². The summed E-state index contributed by atoms with van der Waals surface area (Å²) in [6, 6.07) is 22.3. The molecular formula is C24H18N4O3S. The summed E-state index contributed by atoms with van der Waals surface area (Å²) in [5.41, 5.74) is 1.15. The second-order valence-corrected chi connectivity index (χ2v) is 8.24. The van der Waals surface area contributed by atoms with Gasteiger partial charge in [0.25, 0.3) is 5.56 Å². The van der Waals surface area contributed by atoms with Gasteiger partial charge in [0.2, 0.25) is 5.91 Å². The van der Waals surface area contributed by atoms with Crippen LogP contribution in [-0.2, 0) is 11.3 Å². The lowest BCUT2D eigenvalue weighted by Gasteiger charge is -2.08. The number of aryl methyl sites for hydroxylation is 1. The van der Waals surface area contributed by atoms with Crippen molar-refractivity contribution in [2.75, 3.05) is 5.32 Å². The Morgan fingerprint density at radius 1 is 1.00 bits per heavy atom. The van der Waals surface area contributed by atoms with Crippen LogP contribution in [0.4, 0.5) is 5.13 Å². The maximum absolute atomic E-state index is 12.7. The molecule has 158 valence electrons. The Labute approximate surface area is 186 Å². The van der Waals surface area contributed by atoms with E-state index in [2.05, 4.69) is 15.4 Å². The average Bonchev–Trinajstić information content (AvgIpc) is 3.19. The fourth-order valence-corrected chi connectivity index (χ4v) is 4.36. The van der Waals surface area contributed by atoms with Gasteiger partial charge in [-0.2, -0.15) is 5.10 Å². The standard InChI is InChI=1S/C24H18N4O3S/c1-15-18-9-5-6-10-19(18)23(30)28(27-15)14-22(29)26-24-25-20-12-11-17(13-21(20)32-24)31-16-7-3-2-4-8-16/h2-13H,14H2,1H3,(H,25,26,29). The number of nitrogens with zero attached hydrogens (tertiary/aromatic N) is 3. The summed E-state index contributed by atoms with van der Waals surface area (Å²) in [7, 11) is 0. The van der Waals surface area contributed by atoms with E-state index in [9.17, 15) is 9.59 Å². The first-order valence-corrected chi connectivity index (χ1v) is 10.8. The molecule has 0 atom stereocenters. The molecule has 0 bridgehead atoms. The lowest BCUT2D eigenvalue weighted by molar-refractivity contribution is -0.117. The molecule has 0 aliphatic heterocycles. The van der Waals surface area contributed by atoms with Gasteiger partial charge in [-0.1, -0.05) is 47.7 Å². The van der Waals surface area contributed by atoms with E-state index in [0.717, 1.165) is 21.4 Å². The third-order valence-electron chi connectivity index (χ3n) is 4.93. The molecule has 32 heavy (non-hydrogen) atoms. The normalized spacial score (nSPS) is 11.0. The maximum atomic E-state index is 12.7. The van der Waals surface area contributed by atoms with Crippen LogP contribution in [0.25, 0.3) is 21.0 Å². The zero-order chi connectivity index (χ0) is 22.1. The monoisotopic (exact) mass is 442 g/mol. The number of aromatic nitrogens is 3. The van der Waals surface area contributed by atoms with Crippen molar-refractivity contribution in [2.24, 2.45) is 0 Å². The van der Waals surface area contributed by atoms with Gasteiger partial charge < -0.3 is 10.1 Å². The second-order valence-electron chi connectivity index (χ2n) is 7.21. The summed E-state index contributed by atoms with van der Waals surface area (Å²) in [4.78, 5) is 29.7. The van der Waals surface area contributed by atoms with Gasteiger partial charge >= 0.3 is 0 Å². The van der Waals surface area contributed by atoms with Crippen LogP contribution in [-0.4, -0.2) is 20.7 Å². The van der Waals surface area contributed by atoms with Crippen LogP contribution in [0.5, 0.6) is 11.5 Å². The Morgan fingerprint density at radius 3 is 2.56 bits per heavy atom. The van der Waals surface area contributed by atoms with Crippen molar-refractivity contribution in [1.82, 2.24) is 14.8 Å². The number of amides is 1. The van der Waals surface area contributed by atoms with E-state index >= 15 is 0 Å². The van der Waals surface area contributed by atoms with E-state index in [4.69, 9.17) is 4.74 Å². The van der Waals surface area contributed by atoms with Crippen LogP contribution >= 0.6 is 11.3 Å². The topological polar surface area (TPSA) is 86.1 Å². The third-order valence-corrected chi connectivity index (χ3v) is 5.86. The predicted molar refractivity (Wildman–Crippen MR) is 126 cm³/mol. The smallest absolute Gasteiger partial charge is 0.275 e. The summed E-state index contributed by atoms with van der Waals surface area (Å²) in [5, 5.41) is 8.84. The zero-order valence-corrected chi connectivity index (χ0v) is 17.9. The van der Waals surface area contributed by atoms with Crippen LogP contribution in [0.1, 0.15) is 5.69 Å². The predicted octanol–water partition coefficient (Wildman–Crippen LogP) is 4.75. The van der Waals surface area contributed by atoms with Crippen molar-refractivity contribution >= 4 is 43.4 Å².